The van der Waals surface area contributed by atoms with Gasteiger partial charge in [0.25, 0.3) is 0 Å². The number of amides is 1. The van der Waals surface area contributed by atoms with Crippen LogP contribution in [0.4, 0.5) is 0 Å². The second kappa shape index (κ2) is 6.34. The van der Waals surface area contributed by atoms with Crippen LogP contribution in [0.1, 0.15) is 24.0 Å². The molecule has 3 aromatic heterocycles. The van der Waals surface area contributed by atoms with Gasteiger partial charge in [-0.25, -0.2) is 10.9 Å². The summed E-state index contributed by atoms with van der Waals surface area (Å²) in [5.41, 5.74) is 7.83. The Morgan fingerprint density at radius 1 is 1.21 bits per heavy atom. The molecule has 0 spiro atoms. The number of aromatic nitrogens is 4. The van der Waals surface area contributed by atoms with Crippen molar-refractivity contribution in [2.24, 2.45) is 0 Å². The fourth-order valence-corrected chi connectivity index (χ4v) is 2.80. The average Bonchev–Trinajstić information content (AvgIpc) is 3.28. The molecule has 0 bridgehead atoms. The number of carbonyl (C=O) groups excluding carboxylic acids is 1. The lowest BCUT2D eigenvalue weighted by Gasteiger charge is -2.09. The Morgan fingerprint density at radius 2 is 2.12 bits per heavy atom. The molecular formula is C16H17N7O. The molecule has 3 N–H and O–H groups in total. The molecule has 1 saturated heterocycles. The van der Waals surface area contributed by atoms with E-state index in [2.05, 4.69) is 31.3 Å². The summed E-state index contributed by atoms with van der Waals surface area (Å²) in [6.45, 7) is 0.330. The summed E-state index contributed by atoms with van der Waals surface area (Å²) in [6.07, 6.45) is 4.27. The van der Waals surface area contributed by atoms with Crippen LogP contribution in [-0.4, -0.2) is 31.5 Å². The van der Waals surface area contributed by atoms with Gasteiger partial charge < -0.3 is 5.32 Å². The second-order valence-electron chi connectivity index (χ2n) is 5.65. The molecule has 2 atom stereocenters. The van der Waals surface area contributed by atoms with E-state index in [4.69, 9.17) is 0 Å². The molecule has 0 radical (unpaired) electrons. The predicted molar refractivity (Wildman–Crippen MR) is 86.5 cm³/mol. The molecule has 1 aliphatic rings. The number of nitrogens with zero attached hydrogens (tertiary/aromatic N) is 4. The lowest BCUT2D eigenvalue weighted by Crippen LogP contribution is -2.43. The van der Waals surface area contributed by atoms with Gasteiger partial charge in [0.15, 0.2) is 11.5 Å². The van der Waals surface area contributed by atoms with Crippen LogP contribution in [0.2, 0.25) is 0 Å². The first-order valence-electron chi connectivity index (χ1n) is 7.79. The van der Waals surface area contributed by atoms with Crippen LogP contribution in [0.3, 0.4) is 0 Å². The maximum atomic E-state index is 12.4. The number of nitrogens with one attached hydrogen (secondary N) is 3. The van der Waals surface area contributed by atoms with Crippen molar-refractivity contribution in [1.82, 2.24) is 35.8 Å². The summed E-state index contributed by atoms with van der Waals surface area (Å²) in [4.78, 5) is 16.7. The van der Waals surface area contributed by atoms with Crippen LogP contribution in [0.25, 0.3) is 5.65 Å². The highest BCUT2D eigenvalue weighted by molar-refractivity contribution is 5.82. The summed E-state index contributed by atoms with van der Waals surface area (Å²) >= 11 is 0. The van der Waals surface area contributed by atoms with Crippen LogP contribution >= 0.6 is 0 Å². The van der Waals surface area contributed by atoms with Crippen LogP contribution in [0, 0.1) is 0 Å². The van der Waals surface area contributed by atoms with E-state index < -0.39 is 0 Å². The fourth-order valence-electron chi connectivity index (χ4n) is 2.80. The van der Waals surface area contributed by atoms with Gasteiger partial charge in [0, 0.05) is 12.4 Å². The third kappa shape index (κ3) is 2.84. The summed E-state index contributed by atoms with van der Waals surface area (Å²) in [7, 11) is 0. The number of hydrogen-bond acceptors (Lipinski definition) is 6. The lowest BCUT2D eigenvalue weighted by molar-refractivity contribution is -0.123. The van der Waals surface area contributed by atoms with Crippen LogP contribution in [0.15, 0.2) is 48.8 Å². The minimum Gasteiger partial charge on any atom is -0.347 e. The maximum absolute atomic E-state index is 12.4. The molecule has 24 heavy (non-hydrogen) atoms. The molecule has 1 aliphatic heterocycles. The molecule has 2 unspecified atom stereocenters. The Hall–Kier alpha value is -2.84. The first-order chi connectivity index (χ1) is 11.8. The molecule has 1 amide bonds. The van der Waals surface area contributed by atoms with Crippen molar-refractivity contribution in [3.8, 4) is 0 Å². The Kier molecular flexibility index (Phi) is 3.89. The van der Waals surface area contributed by atoms with E-state index in [9.17, 15) is 4.79 Å². The van der Waals surface area contributed by atoms with Crippen molar-refractivity contribution in [3.63, 3.8) is 0 Å². The number of rotatable bonds is 4. The van der Waals surface area contributed by atoms with Crippen LogP contribution in [0.5, 0.6) is 0 Å². The zero-order chi connectivity index (χ0) is 16.4. The lowest BCUT2D eigenvalue weighted by atomic mass is 10.1. The maximum Gasteiger partial charge on any atom is 0.238 e. The Labute approximate surface area is 138 Å². The monoisotopic (exact) mass is 323 g/mol. The normalized spacial score (nSPS) is 20.3. The molecule has 0 aliphatic carbocycles. The molecule has 1 fully saturated rings. The number of hydrogen-bond donors (Lipinski definition) is 3. The Bertz CT molecular complexity index is 848. The molecule has 0 saturated carbocycles. The van der Waals surface area contributed by atoms with E-state index in [0.717, 1.165) is 11.3 Å². The van der Waals surface area contributed by atoms with Gasteiger partial charge in [-0.2, -0.15) is 0 Å². The standard InChI is InChI=1S/C16H17N7O/c24-16(13-9-12(19-20-13)11-5-1-3-7-17-11)18-10-15-22-21-14-6-2-4-8-23(14)15/h1-8,12-13,19-20H,9-10H2,(H,18,24). The molecule has 0 aromatic carbocycles. The van der Waals surface area contributed by atoms with Crippen molar-refractivity contribution in [2.45, 2.75) is 25.0 Å². The highest BCUT2D eigenvalue weighted by atomic mass is 16.2. The molecule has 8 nitrogen and oxygen atoms in total. The Morgan fingerprint density at radius 3 is 3.00 bits per heavy atom. The third-order valence-corrected chi connectivity index (χ3v) is 4.07. The van der Waals surface area contributed by atoms with E-state index >= 15 is 0 Å². The number of fused-ring (bicyclic) bond motifs is 1. The minimum absolute atomic E-state index is 0.0240. The first-order valence-corrected chi connectivity index (χ1v) is 7.79. The van der Waals surface area contributed by atoms with Crippen LogP contribution in [-0.2, 0) is 11.3 Å². The molecule has 4 heterocycles. The van der Waals surface area contributed by atoms with E-state index in [1.807, 2.05) is 47.0 Å². The van der Waals surface area contributed by atoms with E-state index in [0.29, 0.717) is 18.8 Å². The summed E-state index contributed by atoms with van der Waals surface area (Å²) in [5, 5.41) is 11.1. The van der Waals surface area contributed by atoms with Crippen molar-refractivity contribution in [3.05, 3.63) is 60.3 Å². The van der Waals surface area contributed by atoms with Crippen molar-refractivity contribution in [1.29, 1.82) is 0 Å². The smallest absolute Gasteiger partial charge is 0.238 e. The largest absolute Gasteiger partial charge is 0.347 e. The van der Waals surface area contributed by atoms with E-state index in [1.54, 1.807) is 6.20 Å². The fraction of sp³-hybridized carbons (Fsp3) is 0.250. The van der Waals surface area contributed by atoms with Gasteiger partial charge in [0.1, 0.15) is 6.04 Å². The highest BCUT2D eigenvalue weighted by Crippen LogP contribution is 2.20. The minimum atomic E-state index is -0.309. The molecule has 8 heteroatoms. The number of pyridine rings is 2. The van der Waals surface area contributed by atoms with Gasteiger partial charge in [-0.3, -0.25) is 14.2 Å². The Balaban J connectivity index is 1.37. The van der Waals surface area contributed by atoms with Crippen LogP contribution < -0.4 is 16.2 Å². The average molecular weight is 323 g/mol. The predicted octanol–water partition coefficient (Wildman–Crippen LogP) is 0.348. The van der Waals surface area contributed by atoms with E-state index in [1.165, 1.54) is 0 Å². The van der Waals surface area contributed by atoms with Crippen molar-refractivity contribution >= 4 is 11.6 Å². The van der Waals surface area contributed by atoms with Gasteiger partial charge in [-0.05, 0) is 30.7 Å². The first kappa shape index (κ1) is 14.7. The third-order valence-electron chi connectivity index (χ3n) is 4.07. The van der Waals surface area contributed by atoms with Gasteiger partial charge in [0.05, 0.1) is 18.3 Å². The topological polar surface area (TPSA) is 96.2 Å². The van der Waals surface area contributed by atoms with E-state index in [-0.39, 0.29) is 18.0 Å². The summed E-state index contributed by atoms with van der Waals surface area (Å²) < 4.78 is 1.86. The highest BCUT2D eigenvalue weighted by Gasteiger charge is 2.30. The van der Waals surface area contributed by atoms with Crippen molar-refractivity contribution < 1.29 is 4.79 Å². The molecule has 3 aromatic rings. The van der Waals surface area contributed by atoms with Crippen molar-refractivity contribution in [2.75, 3.05) is 0 Å². The molecule has 122 valence electrons. The number of hydrazine groups is 1. The SMILES string of the molecule is O=C(NCc1nnc2ccccn12)C1CC(c2ccccn2)NN1. The summed E-state index contributed by atoms with van der Waals surface area (Å²) in [5.74, 6) is 0.625. The van der Waals surface area contributed by atoms with Gasteiger partial charge in [0.2, 0.25) is 5.91 Å². The zero-order valence-corrected chi connectivity index (χ0v) is 12.9. The summed E-state index contributed by atoms with van der Waals surface area (Å²) in [6, 6.07) is 11.2. The molecule has 4 rings (SSSR count). The van der Waals surface area contributed by atoms with Gasteiger partial charge in [-0.1, -0.05) is 12.1 Å². The zero-order valence-electron chi connectivity index (χ0n) is 12.9. The van der Waals surface area contributed by atoms with Gasteiger partial charge in [-0.15, -0.1) is 10.2 Å². The molecular weight excluding hydrogens is 306 g/mol. The second-order valence-corrected chi connectivity index (χ2v) is 5.65. The quantitative estimate of drug-likeness (QED) is 0.641. The number of carbonyl (C=O) groups is 1. The van der Waals surface area contributed by atoms with Gasteiger partial charge >= 0.3 is 0 Å².